The molecule has 3 aromatic rings. The van der Waals surface area contributed by atoms with Crippen LogP contribution in [0.1, 0.15) is 29.9 Å². The van der Waals surface area contributed by atoms with Gasteiger partial charge in [0.1, 0.15) is 11.5 Å². The lowest BCUT2D eigenvalue weighted by Crippen LogP contribution is -2.41. The molecule has 4 rings (SSSR count). The molecule has 0 bridgehead atoms. The zero-order chi connectivity index (χ0) is 25.2. The number of hydrogen-bond acceptors (Lipinski definition) is 5. The Hall–Kier alpha value is -3.44. The predicted octanol–water partition coefficient (Wildman–Crippen LogP) is 4.61. The molecule has 1 N–H and O–H groups in total. The smallest absolute Gasteiger partial charge is 0.248 e. The SMILES string of the molecule is Cc1noc(C=Cc2ccccc2F)c1S(=O)(=O)N1CCC(C(=O)Nc2ccc(F)c(F)c2)CC1. The first-order valence-electron chi connectivity index (χ1n) is 10.8. The molecule has 1 saturated heterocycles. The molecule has 184 valence electrons. The van der Waals surface area contributed by atoms with Crippen molar-refractivity contribution in [1.82, 2.24) is 9.46 Å². The van der Waals surface area contributed by atoms with Gasteiger partial charge in [-0.2, -0.15) is 4.31 Å². The van der Waals surface area contributed by atoms with Gasteiger partial charge in [0.2, 0.25) is 15.9 Å². The minimum absolute atomic E-state index is 0.0241. The van der Waals surface area contributed by atoms with E-state index in [4.69, 9.17) is 4.52 Å². The average Bonchev–Trinajstić information content (AvgIpc) is 3.22. The maximum absolute atomic E-state index is 13.9. The van der Waals surface area contributed by atoms with Crippen LogP contribution in [-0.4, -0.2) is 36.9 Å². The van der Waals surface area contributed by atoms with Gasteiger partial charge in [0.25, 0.3) is 0 Å². The van der Waals surface area contributed by atoms with E-state index in [0.29, 0.717) is 0 Å². The van der Waals surface area contributed by atoms with Crippen molar-refractivity contribution in [3.63, 3.8) is 0 Å². The van der Waals surface area contributed by atoms with Gasteiger partial charge in [-0.05, 0) is 50.1 Å². The van der Waals surface area contributed by atoms with E-state index in [1.54, 1.807) is 18.2 Å². The summed E-state index contributed by atoms with van der Waals surface area (Å²) >= 11 is 0. The molecule has 0 aliphatic carbocycles. The van der Waals surface area contributed by atoms with Crippen molar-refractivity contribution in [3.8, 4) is 0 Å². The Kier molecular flexibility index (Phi) is 7.08. The first-order valence-corrected chi connectivity index (χ1v) is 12.3. The third-order valence-electron chi connectivity index (χ3n) is 5.76. The average molecular weight is 506 g/mol. The van der Waals surface area contributed by atoms with E-state index in [9.17, 15) is 26.4 Å². The van der Waals surface area contributed by atoms with Crippen LogP contribution in [0.15, 0.2) is 51.9 Å². The number of hydrogen-bond donors (Lipinski definition) is 1. The fourth-order valence-corrected chi connectivity index (χ4v) is 5.60. The summed E-state index contributed by atoms with van der Waals surface area (Å²) in [5.41, 5.74) is 0.546. The van der Waals surface area contributed by atoms with Crippen LogP contribution in [0.2, 0.25) is 0 Å². The van der Waals surface area contributed by atoms with E-state index in [2.05, 4.69) is 10.5 Å². The first kappa shape index (κ1) is 24.7. The van der Waals surface area contributed by atoms with E-state index in [0.717, 1.165) is 12.1 Å². The van der Waals surface area contributed by atoms with Gasteiger partial charge in [-0.25, -0.2) is 21.6 Å². The quantitative estimate of drug-likeness (QED) is 0.528. The summed E-state index contributed by atoms with van der Waals surface area (Å²) < 4.78 is 73.5. The largest absolute Gasteiger partial charge is 0.355 e. The molecule has 0 spiro atoms. The number of amides is 1. The van der Waals surface area contributed by atoms with Gasteiger partial charge in [-0.15, -0.1) is 0 Å². The number of halogens is 3. The van der Waals surface area contributed by atoms with Crippen LogP contribution in [0.4, 0.5) is 18.9 Å². The van der Waals surface area contributed by atoms with Crippen molar-refractivity contribution in [2.24, 2.45) is 5.92 Å². The molecule has 7 nitrogen and oxygen atoms in total. The van der Waals surface area contributed by atoms with Crippen molar-refractivity contribution in [2.45, 2.75) is 24.7 Å². The van der Waals surface area contributed by atoms with Crippen molar-refractivity contribution in [2.75, 3.05) is 18.4 Å². The van der Waals surface area contributed by atoms with E-state index >= 15 is 0 Å². The molecule has 2 heterocycles. The topological polar surface area (TPSA) is 92.5 Å². The fraction of sp³-hybridized carbons (Fsp3) is 0.250. The highest BCUT2D eigenvalue weighted by molar-refractivity contribution is 7.89. The molecule has 0 saturated carbocycles. The molecule has 0 atom stereocenters. The number of benzene rings is 2. The van der Waals surface area contributed by atoms with E-state index in [-0.39, 0.29) is 53.5 Å². The molecule has 1 amide bonds. The number of nitrogens with one attached hydrogen (secondary N) is 1. The standard InChI is InChI=1S/C24H22F3N3O4S/c1-15-23(22(34-29-15)9-6-16-4-2-3-5-19(16)25)35(32,33)30-12-10-17(11-13-30)24(31)28-18-7-8-20(26)21(27)14-18/h2-9,14,17H,10-13H2,1H3,(H,28,31). The summed E-state index contributed by atoms with van der Waals surface area (Å²) in [6.45, 7) is 1.64. The van der Waals surface area contributed by atoms with Crippen molar-refractivity contribution in [3.05, 3.63) is 76.9 Å². The molecule has 0 unspecified atom stereocenters. The van der Waals surface area contributed by atoms with Crippen LogP contribution in [0.3, 0.4) is 0 Å². The molecule has 11 heteroatoms. The maximum atomic E-state index is 13.9. The molecule has 1 aliphatic rings. The normalized spacial score (nSPS) is 15.5. The first-order chi connectivity index (χ1) is 16.7. The summed E-state index contributed by atoms with van der Waals surface area (Å²) in [4.78, 5) is 12.4. The highest BCUT2D eigenvalue weighted by atomic mass is 32.2. The molecule has 0 radical (unpaired) electrons. The number of sulfonamides is 1. The number of rotatable bonds is 6. The van der Waals surface area contributed by atoms with Gasteiger partial charge in [0.05, 0.1) is 0 Å². The molecule has 1 aliphatic heterocycles. The van der Waals surface area contributed by atoms with Crippen LogP contribution < -0.4 is 5.32 Å². The van der Waals surface area contributed by atoms with Gasteiger partial charge in [-0.3, -0.25) is 4.79 Å². The van der Waals surface area contributed by atoms with E-state index in [1.807, 2.05) is 0 Å². The lowest BCUT2D eigenvalue weighted by Gasteiger charge is -2.30. The number of anilines is 1. The Morgan fingerprint density at radius 2 is 1.77 bits per heavy atom. The third-order valence-corrected chi connectivity index (χ3v) is 7.82. The predicted molar refractivity (Wildman–Crippen MR) is 123 cm³/mol. The Balaban J connectivity index is 1.45. The molecule has 2 aromatic carbocycles. The monoisotopic (exact) mass is 505 g/mol. The van der Waals surface area contributed by atoms with Gasteiger partial charge < -0.3 is 9.84 Å². The number of carbonyl (C=O) groups is 1. The number of carbonyl (C=O) groups excluding carboxylic acids is 1. The van der Waals surface area contributed by atoms with E-state index in [1.165, 1.54) is 35.5 Å². The van der Waals surface area contributed by atoms with Crippen LogP contribution in [0.5, 0.6) is 0 Å². The summed E-state index contributed by atoms with van der Waals surface area (Å²) in [7, 11) is -4.00. The van der Waals surface area contributed by atoms with Crippen LogP contribution >= 0.6 is 0 Å². The van der Waals surface area contributed by atoms with Crippen molar-refractivity contribution < 1.29 is 30.9 Å². The highest BCUT2D eigenvalue weighted by Gasteiger charge is 2.36. The lowest BCUT2D eigenvalue weighted by atomic mass is 9.97. The second-order valence-electron chi connectivity index (χ2n) is 8.11. The fourth-order valence-electron chi connectivity index (χ4n) is 3.88. The summed E-state index contributed by atoms with van der Waals surface area (Å²) in [6.07, 6.45) is 3.23. The summed E-state index contributed by atoms with van der Waals surface area (Å²) in [5.74, 6) is -3.49. The lowest BCUT2D eigenvalue weighted by molar-refractivity contribution is -0.120. The molecule has 35 heavy (non-hydrogen) atoms. The Morgan fingerprint density at radius 1 is 1.06 bits per heavy atom. The Labute approximate surface area is 200 Å². The third kappa shape index (κ3) is 5.30. The van der Waals surface area contributed by atoms with Gasteiger partial charge in [0.15, 0.2) is 22.3 Å². The van der Waals surface area contributed by atoms with Crippen molar-refractivity contribution >= 4 is 33.8 Å². The number of aromatic nitrogens is 1. The second kappa shape index (κ2) is 10.0. The Morgan fingerprint density at radius 3 is 2.46 bits per heavy atom. The minimum atomic E-state index is -4.00. The molecular weight excluding hydrogens is 483 g/mol. The van der Waals surface area contributed by atoms with Gasteiger partial charge in [-0.1, -0.05) is 23.4 Å². The zero-order valence-electron chi connectivity index (χ0n) is 18.7. The summed E-state index contributed by atoms with van der Waals surface area (Å²) in [5, 5.41) is 6.31. The maximum Gasteiger partial charge on any atom is 0.248 e. The second-order valence-corrected chi connectivity index (χ2v) is 9.99. The van der Waals surface area contributed by atoms with Gasteiger partial charge in [0, 0.05) is 36.3 Å². The number of nitrogens with zero attached hydrogens (tertiary/aromatic N) is 2. The van der Waals surface area contributed by atoms with Gasteiger partial charge >= 0.3 is 0 Å². The summed E-state index contributed by atoms with van der Waals surface area (Å²) in [6, 6.07) is 9.08. The van der Waals surface area contributed by atoms with Crippen molar-refractivity contribution in [1.29, 1.82) is 0 Å². The van der Waals surface area contributed by atoms with Crippen LogP contribution in [0, 0.1) is 30.3 Å². The Bertz CT molecular complexity index is 1380. The number of piperidine rings is 1. The molecular formula is C24H22F3N3O4S. The molecule has 1 fully saturated rings. The number of aryl methyl sites for hydroxylation is 1. The minimum Gasteiger partial charge on any atom is -0.355 e. The van der Waals surface area contributed by atoms with Crippen LogP contribution in [0.25, 0.3) is 12.2 Å². The molecule has 1 aromatic heterocycles. The van der Waals surface area contributed by atoms with E-state index < -0.39 is 39.3 Å². The highest BCUT2D eigenvalue weighted by Crippen LogP contribution is 2.30. The zero-order valence-corrected chi connectivity index (χ0v) is 19.5. The van der Waals surface area contributed by atoms with Crippen LogP contribution in [-0.2, 0) is 14.8 Å².